The number of hydrogen-bond acceptors (Lipinski definition) is 4. The lowest BCUT2D eigenvalue weighted by Crippen LogP contribution is -2.37. The van der Waals surface area contributed by atoms with Gasteiger partial charge in [0.05, 0.1) is 18.6 Å². The van der Waals surface area contributed by atoms with Crippen LogP contribution in [0, 0.1) is 0 Å². The van der Waals surface area contributed by atoms with Crippen LogP contribution in [0.1, 0.15) is 103 Å². The number of carboxylic acids is 1. The largest absolute Gasteiger partial charge is 0.481 e. The Hall–Kier alpha value is -1.43. The highest BCUT2D eigenvalue weighted by Crippen LogP contribution is 2.31. The summed E-state index contributed by atoms with van der Waals surface area (Å²) in [6, 6.07) is 0. The van der Waals surface area contributed by atoms with Gasteiger partial charge in [-0.1, -0.05) is 62.5 Å². The second-order valence-corrected chi connectivity index (χ2v) is 9.18. The first kappa shape index (κ1) is 26.8. The van der Waals surface area contributed by atoms with Crippen molar-refractivity contribution in [3.05, 3.63) is 37.0 Å². The maximum absolute atomic E-state index is 10.8. The number of allylic oxidation sites excluding steroid dienone is 5. The predicted molar refractivity (Wildman–Crippen MR) is 128 cm³/mol. The van der Waals surface area contributed by atoms with E-state index in [0.717, 1.165) is 44.9 Å². The van der Waals surface area contributed by atoms with Crippen molar-refractivity contribution in [2.45, 2.75) is 127 Å². The Balaban J connectivity index is 1.39. The van der Waals surface area contributed by atoms with Crippen LogP contribution in [0.4, 0.5) is 0 Å². The molecule has 0 aliphatic carbocycles. The molecule has 0 saturated carbocycles. The second-order valence-electron chi connectivity index (χ2n) is 9.18. The smallest absolute Gasteiger partial charge is 0.306 e. The Bertz CT molecular complexity index is 562. The zero-order chi connectivity index (χ0) is 22.9. The van der Waals surface area contributed by atoms with Crippen LogP contribution >= 0.6 is 0 Å². The number of rotatable bonds is 17. The van der Waals surface area contributed by atoms with Crippen molar-refractivity contribution in [1.29, 1.82) is 0 Å². The van der Waals surface area contributed by atoms with Crippen molar-refractivity contribution in [2.75, 3.05) is 0 Å². The van der Waals surface area contributed by atoms with Crippen LogP contribution in [0.3, 0.4) is 0 Å². The van der Waals surface area contributed by atoms with Gasteiger partial charge >= 0.3 is 5.97 Å². The molecule has 182 valence electrons. The lowest BCUT2D eigenvalue weighted by atomic mass is 10.0. The number of hydrogen-bond donors (Lipinski definition) is 1. The lowest BCUT2D eigenvalue weighted by Gasteiger charge is -2.30. The molecule has 0 unspecified atom stereocenters. The van der Waals surface area contributed by atoms with E-state index < -0.39 is 5.97 Å². The maximum Gasteiger partial charge on any atom is 0.306 e. The van der Waals surface area contributed by atoms with E-state index in [1.165, 1.54) is 51.4 Å². The third-order valence-electron chi connectivity index (χ3n) is 6.35. The molecule has 0 spiro atoms. The molecule has 2 heterocycles. The monoisotopic (exact) mass is 448 g/mol. The fraction of sp³-hybridized carbons (Fsp3) is 0.741. The van der Waals surface area contributed by atoms with Gasteiger partial charge in [-0.2, -0.15) is 0 Å². The van der Waals surface area contributed by atoms with Gasteiger partial charge in [-0.25, -0.2) is 9.78 Å². The van der Waals surface area contributed by atoms with Crippen LogP contribution in [-0.4, -0.2) is 35.5 Å². The average Bonchev–Trinajstić information content (AvgIpc) is 3.25. The highest BCUT2D eigenvalue weighted by molar-refractivity contribution is 5.67. The van der Waals surface area contributed by atoms with Gasteiger partial charge in [-0.3, -0.25) is 4.79 Å². The van der Waals surface area contributed by atoms with Gasteiger partial charge in [-0.15, -0.1) is 6.58 Å². The number of aliphatic carboxylic acids is 1. The molecule has 0 radical (unpaired) electrons. The molecule has 2 aliphatic rings. The van der Waals surface area contributed by atoms with Gasteiger partial charge in [0.2, 0.25) is 0 Å². The van der Waals surface area contributed by atoms with Crippen LogP contribution < -0.4 is 0 Å². The standard InChI is InChI=1S/C27H44O5/c1-2-3-4-5-6-7-8-9-10-11-12-13-14-15-16-17-23-18-20-25(30-23)26-21-19-24(31-32-26)22-27(28)29/h2,6-9,23-26H,1,3-5,10-22H2,(H,28,29)/b7-6+,9-8-/t23-,24+,25+,26+/m1/s1. The van der Waals surface area contributed by atoms with Crippen molar-refractivity contribution in [3.63, 3.8) is 0 Å². The van der Waals surface area contributed by atoms with E-state index in [-0.39, 0.29) is 24.7 Å². The Labute approximate surface area is 194 Å². The second kappa shape index (κ2) is 17.1. The van der Waals surface area contributed by atoms with Gasteiger partial charge in [0, 0.05) is 0 Å². The molecular formula is C27H44O5. The first-order chi connectivity index (χ1) is 15.7. The van der Waals surface area contributed by atoms with Crippen molar-refractivity contribution < 1.29 is 24.4 Å². The number of carboxylic acid groups (broad SMARTS) is 1. The quantitative estimate of drug-likeness (QED) is 0.111. The summed E-state index contributed by atoms with van der Waals surface area (Å²) < 4.78 is 6.20. The minimum atomic E-state index is -0.843. The van der Waals surface area contributed by atoms with Crippen LogP contribution in [-0.2, 0) is 19.3 Å². The highest BCUT2D eigenvalue weighted by atomic mass is 17.2. The molecular weight excluding hydrogens is 404 g/mol. The minimum Gasteiger partial charge on any atom is -0.481 e. The summed E-state index contributed by atoms with van der Waals surface area (Å²) in [4.78, 5) is 21.5. The van der Waals surface area contributed by atoms with Gasteiger partial charge in [0.25, 0.3) is 0 Å². The summed E-state index contributed by atoms with van der Waals surface area (Å²) in [5, 5.41) is 8.84. The van der Waals surface area contributed by atoms with Crippen LogP contribution in [0.2, 0.25) is 0 Å². The van der Waals surface area contributed by atoms with Crippen molar-refractivity contribution in [2.24, 2.45) is 0 Å². The summed E-state index contributed by atoms with van der Waals surface area (Å²) >= 11 is 0. The Morgan fingerprint density at radius 1 is 0.781 bits per heavy atom. The molecule has 5 nitrogen and oxygen atoms in total. The van der Waals surface area contributed by atoms with E-state index in [0.29, 0.717) is 6.10 Å². The molecule has 4 atom stereocenters. The van der Waals surface area contributed by atoms with Crippen LogP contribution in [0.5, 0.6) is 0 Å². The van der Waals surface area contributed by atoms with E-state index in [9.17, 15) is 4.79 Å². The SMILES string of the molecule is C=CCCC/C=C/C=C\CCCCCCCC[C@@H]1CC[C@@H]([C@@H]2CC[C@@H](CC(=O)O)OO2)O1. The fourth-order valence-electron chi connectivity index (χ4n) is 4.47. The summed E-state index contributed by atoms with van der Waals surface area (Å²) in [5.41, 5.74) is 0. The van der Waals surface area contributed by atoms with Crippen molar-refractivity contribution in [1.82, 2.24) is 0 Å². The van der Waals surface area contributed by atoms with Crippen LogP contribution in [0.25, 0.3) is 0 Å². The third kappa shape index (κ3) is 12.0. The molecule has 0 aromatic carbocycles. The summed E-state index contributed by atoms with van der Waals surface area (Å²) in [6.45, 7) is 3.74. The van der Waals surface area contributed by atoms with Crippen molar-refractivity contribution >= 4 is 5.97 Å². The van der Waals surface area contributed by atoms with E-state index >= 15 is 0 Å². The number of carbonyl (C=O) groups is 1. The molecule has 0 amide bonds. The Morgan fingerprint density at radius 2 is 1.44 bits per heavy atom. The normalized spacial score (nSPS) is 26.2. The first-order valence-corrected chi connectivity index (χ1v) is 12.8. The Kier molecular flexibility index (Phi) is 14.3. The number of ether oxygens (including phenoxy) is 1. The fourth-order valence-corrected chi connectivity index (χ4v) is 4.47. The van der Waals surface area contributed by atoms with Gasteiger partial charge in [-0.05, 0) is 64.2 Å². The first-order valence-electron chi connectivity index (χ1n) is 12.8. The maximum atomic E-state index is 10.8. The Morgan fingerprint density at radius 3 is 2.12 bits per heavy atom. The van der Waals surface area contributed by atoms with Gasteiger partial charge < -0.3 is 9.84 Å². The highest BCUT2D eigenvalue weighted by Gasteiger charge is 2.36. The molecule has 0 aromatic heterocycles. The average molecular weight is 449 g/mol. The zero-order valence-electron chi connectivity index (χ0n) is 19.8. The molecule has 5 heteroatoms. The molecule has 32 heavy (non-hydrogen) atoms. The van der Waals surface area contributed by atoms with E-state index in [2.05, 4.69) is 30.9 Å². The molecule has 1 N–H and O–H groups in total. The molecule has 2 aliphatic heterocycles. The molecule has 0 bridgehead atoms. The van der Waals surface area contributed by atoms with E-state index in [4.69, 9.17) is 19.6 Å². The molecule has 2 fully saturated rings. The minimum absolute atomic E-state index is 0.00557. The summed E-state index contributed by atoms with van der Waals surface area (Å²) in [6.07, 6.45) is 28.1. The van der Waals surface area contributed by atoms with E-state index in [1.807, 2.05) is 6.08 Å². The topological polar surface area (TPSA) is 65.0 Å². The number of unbranched alkanes of at least 4 members (excludes halogenated alkanes) is 8. The van der Waals surface area contributed by atoms with Gasteiger partial charge in [0.15, 0.2) is 0 Å². The van der Waals surface area contributed by atoms with Gasteiger partial charge in [0.1, 0.15) is 12.2 Å². The zero-order valence-corrected chi connectivity index (χ0v) is 19.8. The third-order valence-corrected chi connectivity index (χ3v) is 6.35. The predicted octanol–water partition coefficient (Wildman–Crippen LogP) is 7.08. The summed E-state index contributed by atoms with van der Waals surface area (Å²) in [5.74, 6) is -0.843. The van der Waals surface area contributed by atoms with Crippen LogP contribution in [0.15, 0.2) is 37.0 Å². The van der Waals surface area contributed by atoms with Crippen molar-refractivity contribution in [3.8, 4) is 0 Å². The van der Waals surface area contributed by atoms with E-state index in [1.54, 1.807) is 0 Å². The molecule has 0 aromatic rings. The summed E-state index contributed by atoms with van der Waals surface area (Å²) in [7, 11) is 0. The lowest BCUT2D eigenvalue weighted by molar-refractivity contribution is -0.385. The molecule has 2 saturated heterocycles. The molecule has 2 rings (SSSR count).